The molecule has 0 heterocycles. The zero-order chi connectivity index (χ0) is 14.8. The molecule has 0 bridgehead atoms. The molecule has 1 amide bonds. The van der Waals surface area contributed by atoms with Crippen LogP contribution in [0.4, 0.5) is 0 Å². The van der Waals surface area contributed by atoms with Gasteiger partial charge in [0.25, 0.3) is 0 Å². The topological polar surface area (TPSA) is 61.8 Å². The number of aliphatic hydroxyl groups is 1. The van der Waals surface area contributed by atoms with Gasteiger partial charge in [-0.05, 0) is 12.5 Å². The van der Waals surface area contributed by atoms with Gasteiger partial charge in [-0.1, -0.05) is 29.8 Å². The summed E-state index contributed by atoms with van der Waals surface area (Å²) in [5.74, 6) is -0.0462. The first-order chi connectivity index (χ1) is 9.65. The molecule has 0 aliphatic heterocycles. The fourth-order valence-electron chi connectivity index (χ4n) is 1.80. The molecule has 0 fully saturated rings. The fraction of sp³-hybridized carbons (Fsp3) is 0.533. The molecule has 0 spiro atoms. The summed E-state index contributed by atoms with van der Waals surface area (Å²) in [6.07, 6.45) is 0. The Labute approximate surface area is 120 Å². The van der Waals surface area contributed by atoms with Crippen LogP contribution in [-0.4, -0.2) is 55.9 Å². The number of hydrogen-bond donors (Lipinski definition) is 2. The second kappa shape index (κ2) is 9.47. The van der Waals surface area contributed by atoms with Gasteiger partial charge in [-0.2, -0.15) is 0 Å². The second-order valence-electron chi connectivity index (χ2n) is 4.75. The number of nitrogens with one attached hydrogen (secondary N) is 1. The molecule has 0 saturated carbocycles. The quantitative estimate of drug-likeness (QED) is 0.693. The van der Waals surface area contributed by atoms with Gasteiger partial charge >= 0.3 is 0 Å². The van der Waals surface area contributed by atoms with Gasteiger partial charge in [0, 0.05) is 26.7 Å². The highest BCUT2D eigenvalue weighted by Gasteiger charge is 2.09. The molecule has 0 aliphatic rings. The zero-order valence-corrected chi connectivity index (χ0v) is 12.3. The lowest BCUT2D eigenvalue weighted by atomic mass is 10.1. The van der Waals surface area contributed by atoms with E-state index in [1.165, 1.54) is 5.56 Å². The molecule has 0 aromatic heterocycles. The Morgan fingerprint density at radius 1 is 1.30 bits per heavy atom. The predicted molar refractivity (Wildman–Crippen MR) is 78.4 cm³/mol. The zero-order valence-electron chi connectivity index (χ0n) is 12.3. The Morgan fingerprint density at radius 2 is 2.00 bits per heavy atom. The van der Waals surface area contributed by atoms with Gasteiger partial charge in [0.15, 0.2) is 0 Å². The van der Waals surface area contributed by atoms with Crippen LogP contribution in [-0.2, 0) is 16.1 Å². The first-order valence-electron chi connectivity index (χ1n) is 6.80. The van der Waals surface area contributed by atoms with E-state index in [2.05, 4.69) is 5.32 Å². The molecule has 5 heteroatoms. The molecule has 0 atom stereocenters. The number of aryl methyl sites for hydroxylation is 1. The van der Waals surface area contributed by atoms with Crippen molar-refractivity contribution >= 4 is 5.91 Å². The third kappa shape index (κ3) is 6.65. The van der Waals surface area contributed by atoms with Crippen LogP contribution >= 0.6 is 0 Å². The Hall–Kier alpha value is -1.43. The van der Waals surface area contributed by atoms with E-state index in [0.29, 0.717) is 26.2 Å². The van der Waals surface area contributed by atoms with Crippen LogP contribution in [0.2, 0.25) is 0 Å². The summed E-state index contributed by atoms with van der Waals surface area (Å²) in [6, 6.07) is 8.06. The lowest BCUT2D eigenvalue weighted by Crippen LogP contribution is -2.39. The maximum absolute atomic E-state index is 11.9. The highest BCUT2D eigenvalue weighted by Crippen LogP contribution is 2.02. The van der Waals surface area contributed by atoms with Crippen molar-refractivity contribution in [3.05, 3.63) is 35.4 Å². The van der Waals surface area contributed by atoms with E-state index in [9.17, 15) is 4.79 Å². The van der Waals surface area contributed by atoms with E-state index in [4.69, 9.17) is 9.84 Å². The van der Waals surface area contributed by atoms with Crippen molar-refractivity contribution in [1.29, 1.82) is 0 Å². The summed E-state index contributed by atoms with van der Waals surface area (Å²) < 4.78 is 4.99. The standard InChI is InChI=1S/C15H24N2O3/c1-13-3-5-14(6-4-13)11-16-15(19)12-17(7-9-18)8-10-20-2/h3-6,18H,7-12H2,1-2H3,(H,16,19). The van der Waals surface area contributed by atoms with Crippen LogP contribution in [0.3, 0.4) is 0 Å². The third-order valence-corrected chi connectivity index (χ3v) is 3.01. The number of aliphatic hydroxyl groups excluding tert-OH is 1. The summed E-state index contributed by atoms with van der Waals surface area (Å²) in [6.45, 7) is 4.52. The summed E-state index contributed by atoms with van der Waals surface area (Å²) in [7, 11) is 1.62. The minimum Gasteiger partial charge on any atom is -0.395 e. The van der Waals surface area contributed by atoms with Crippen molar-refractivity contribution in [3.63, 3.8) is 0 Å². The minimum atomic E-state index is -0.0462. The van der Waals surface area contributed by atoms with Crippen LogP contribution in [0.1, 0.15) is 11.1 Å². The van der Waals surface area contributed by atoms with E-state index in [1.807, 2.05) is 36.1 Å². The minimum absolute atomic E-state index is 0.0367. The van der Waals surface area contributed by atoms with Crippen LogP contribution in [0, 0.1) is 6.92 Å². The van der Waals surface area contributed by atoms with E-state index >= 15 is 0 Å². The fourth-order valence-corrected chi connectivity index (χ4v) is 1.80. The van der Waals surface area contributed by atoms with Crippen molar-refractivity contribution in [2.45, 2.75) is 13.5 Å². The lowest BCUT2D eigenvalue weighted by molar-refractivity contribution is -0.122. The Morgan fingerprint density at radius 3 is 2.60 bits per heavy atom. The number of methoxy groups -OCH3 is 1. The predicted octanol–water partition coefficient (Wildman–Crippen LogP) is 0.552. The summed E-state index contributed by atoms with van der Waals surface area (Å²) >= 11 is 0. The monoisotopic (exact) mass is 280 g/mol. The molecule has 1 aromatic rings. The molecule has 2 N–H and O–H groups in total. The molecule has 0 aliphatic carbocycles. The average Bonchev–Trinajstić information content (AvgIpc) is 2.44. The highest BCUT2D eigenvalue weighted by atomic mass is 16.5. The van der Waals surface area contributed by atoms with E-state index < -0.39 is 0 Å². The molecule has 0 saturated heterocycles. The summed E-state index contributed by atoms with van der Waals surface area (Å²) in [4.78, 5) is 13.7. The number of nitrogens with zero attached hydrogens (tertiary/aromatic N) is 1. The molecule has 0 radical (unpaired) electrons. The number of carbonyl (C=O) groups is 1. The van der Waals surface area contributed by atoms with Crippen molar-refractivity contribution in [1.82, 2.24) is 10.2 Å². The SMILES string of the molecule is COCCN(CCO)CC(=O)NCc1ccc(C)cc1. The first-order valence-corrected chi connectivity index (χ1v) is 6.80. The largest absolute Gasteiger partial charge is 0.395 e. The Kier molecular flexibility index (Phi) is 7.87. The van der Waals surface area contributed by atoms with E-state index in [1.54, 1.807) is 7.11 Å². The van der Waals surface area contributed by atoms with Gasteiger partial charge in [-0.3, -0.25) is 9.69 Å². The van der Waals surface area contributed by atoms with Crippen molar-refractivity contribution in [2.24, 2.45) is 0 Å². The highest BCUT2D eigenvalue weighted by molar-refractivity contribution is 5.78. The number of amides is 1. The first kappa shape index (κ1) is 16.6. The molecule has 20 heavy (non-hydrogen) atoms. The summed E-state index contributed by atoms with van der Waals surface area (Å²) in [5, 5.41) is 11.8. The van der Waals surface area contributed by atoms with Crippen LogP contribution in [0.15, 0.2) is 24.3 Å². The summed E-state index contributed by atoms with van der Waals surface area (Å²) in [5.41, 5.74) is 2.28. The second-order valence-corrected chi connectivity index (χ2v) is 4.75. The Balaban J connectivity index is 2.35. The van der Waals surface area contributed by atoms with Gasteiger partial charge in [0.2, 0.25) is 5.91 Å². The average molecular weight is 280 g/mol. The molecular formula is C15H24N2O3. The lowest BCUT2D eigenvalue weighted by Gasteiger charge is -2.20. The van der Waals surface area contributed by atoms with Gasteiger partial charge in [-0.15, -0.1) is 0 Å². The molecule has 1 aromatic carbocycles. The normalized spacial score (nSPS) is 10.8. The number of carbonyl (C=O) groups excluding carboxylic acids is 1. The van der Waals surface area contributed by atoms with Crippen LogP contribution in [0.25, 0.3) is 0 Å². The van der Waals surface area contributed by atoms with Gasteiger partial charge in [0.05, 0.1) is 19.8 Å². The van der Waals surface area contributed by atoms with E-state index in [-0.39, 0.29) is 19.1 Å². The van der Waals surface area contributed by atoms with Crippen LogP contribution < -0.4 is 5.32 Å². The Bertz CT molecular complexity index is 393. The van der Waals surface area contributed by atoms with Crippen molar-refractivity contribution < 1.29 is 14.6 Å². The van der Waals surface area contributed by atoms with Gasteiger partial charge in [0.1, 0.15) is 0 Å². The number of benzene rings is 1. The van der Waals surface area contributed by atoms with Crippen LogP contribution in [0.5, 0.6) is 0 Å². The van der Waals surface area contributed by atoms with Gasteiger partial charge < -0.3 is 15.2 Å². The molecule has 0 unspecified atom stereocenters. The maximum atomic E-state index is 11.9. The number of rotatable bonds is 9. The molecule has 112 valence electrons. The number of hydrogen-bond acceptors (Lipinski definition) is 4. The molecular weight excluding hydrogens is 256 g/mol. The smallest absolute Gasteiger partial charge is 0.234 e. The van der Waals surface area contributed by atoms with Crippen molar-refractivity contribution in [2.75, 3.05) is 40.0 Å². The maximum Gasteiger partial charge on any atom is 0.234 e. The molecule has 5 nitrogen and oxygen atoms in total. The molecule has 1 rings (SSSR count). The number of ether oxygens (including phenoxy) is 1. The third-order valence-electron chi connectivity index (χ3n) is 3.01. The van der Waals surface area contributed by atoms with Crippen molar-refractivity contribution in [3.8, 4) is 0 Å². The van der Waals surface area contributed by atoms with E-state index in [0.717, 1.165) is 5.56 Å². The van der Waals surface area contributed by atoms with Gasteiger partial charge in [-0.25, -0.2) is 0 Å².